The zero-order valence-electron chi connectivity index (χ0n) is 9.48. The molecule has 0 aliphatic rings. The average molecular weight is 253 g/mol. The highest BCUT2D eigenvalue weighted by Gasteiger charge is 2.12. The van der Waals surface area contributed by atoms with E-state index in [4.69, 9.17) is 11.6 Å². The average Bonchev–Trinajstić information content (AvgIpc) is 2.68. The van der Waals surface area contributed by atoms with E-state index < -0.39 is 0 Å². The van der Waals surface area contributed by atoms with E-state index in [2.05, 4.69) is 15.3 Å². The van der Waals surface area contributed by atoms with Crippen molar-refractivity contribution >= 4 is 28.5 Å². The molecule has 0 bridgehead atoms. The van der Waals surface area contributed by atoms with Crippen LogP contribution in [0.2, 0.25) is 0 Å². The number of aromatic nitrogens is 3. The van der Waals surface area contributed by atoms with Crippen LogP contribution in [0.3, 0.4) is 0 Å². The first-order valence-electron chi connectivity index (χ1n) is 5.38. The first-order valence-corrected chi connectivity index (χ1v) is 5.91. The quantitative estimate of drug-likeness (QED) is 0.835. The Kier molecular flexibility index (Phi) is 3.58. The van der Waals surface area contributed by atoms with Gasteiger partial charge in [0, 0.05) is 12.7 Å². The fourth-order valence-electron chi connectivity index (χ4n) is 1.71. The minimum atomic E-state index is -0.0463. The first-order chi connectivity index (χ1) is 8.26. The van der Waals surface area contributed by atoms with Crippen molar-refractivity contribution in [3.8, 4) is 0 Å². The van der Waals surface area contributed by atoms with Gasteiger partial charge in [-0.2, -0.15) is 0 Å². The maximum absolute atomic E-state index is 11.6. The zero-order chi connectivity index (χ0) is 12.3. The number of hydrogen-bond acceptors (Lipinski definition) is 3. The van der Waals surface area contributed by atoms with Crippen molar-refractivity contribution in [1.82, 2.24) is 19.9 Å². The van der Waals surface area contributed by atoms with Crippen molar-refractivity contribution < 1.29 is 4.79 Å². The molecule has 2 aromatic rings. The van der Waals surface area contributed by atoms with Gasteiger partial charge in [-0.15, -0.1) is 11.6 Å². The van der Waals surface area contributed by atoms with Crippen LogP contribution in [0.4, 0.5) is 0 Å². The number of rotatable bonds is 4. The van der Waals surface area contributed by atoms with Gasteiger partial charge < -0.3 is 9.88 Å². The number of imidazole rings is 1. The molecule has 1 N–H and O–H groups in total. The lowest BCUT2D eigenvalue weighted by molar-refractivity contribution is -0.121. The van der Waals surface area contributed by atoms with Gasteiger partial charge in [0.15, 0.2) is 0 Å². The van der Waals surface area contributed by atoms with E-state index in [1.54, 1.807) is 12.4 Å². The smallest absolute Gasteiger partial charge is 0.239 e. The zero-order valence-corrected chi connectivity index (χ0v) is 10.2. The summed E-state index contributed by atoms with van der Waals surface area (Å²) in [4.78, 5) is 19.9. The number of fused-ring (bicyclic) bond motifs is 1. The number of pyridine rings is 1. The second kappa shape index (κ2) is 5.14. The summed E-state index contributed by atoms with van der Waals surface area (Å²) >= 11 is 5.83. The molecule has 0 aliphatic carbocycles. The highest BCUT2D eigenvalue weighted by Crippen LogP contribution is 2.16. The third-order valence-corrected chi connectivity index (χ3v) is 2.66. The molecule has 5 nitrogen and oxygen atoms in total. The SMILES string of the molecule is CCNC(=O)Cn1c(CCl)nc2cnccc21. The minimum Gasteiger partial charge on any atom is -0.355 e. The Morgan fingerprint density at radius 3 is 3.12 bits per heavy atom. The van der Waals surface area contributed by atoms with Crippen molar-refractivity contribution in [3.63, 3.8) is 0 Å². The first kappa shape index (κ1) is 11.9. The van der Waals surface area contributed by atoms with E-state index in [0.29, 0.717) is 12.4 Å². The molecule has 17 heavy (non-hydrogen) atoms. The monoisotopic (exact) mass is 252 g/mol. The van der Waals surface area contributed by atoms with Gasteiger partial charge in [-0.3, -0.25) is 9.78 Å². The molecule has 0 aromatic carbocycles. The van der Waals surface area contributed by atoms with Crippen molar-refractivity contribution in [2.45, 2.75) is 19.3 Å². The summed E-state index contributed by atoms with van der Waals surface area (Å²) in [5.41, 5.74) is 1.63. The molecular weight excluding hydrogens is 240 g/mol. The van der Waals surface area contributed by atoms with Crippen LogP contribution in [0, 0.1) is 0 Å². The van der Waals surface area contributed by atoms with Gasteiger partial charge in [0.25, 0.3) is 0 Å². The molecule has 0 saturated carbocycles. The number of nitrogens with zero attached hydrogens (tertiary/aromatic N) is 3. The number of alkyl halides is 1. The van der Waals surface area contributed by atoms with Crippen molar-refractivity contribution in [2.75, 3.05) is 6.54 Å². The van der Waals surface area contributed by atoms with Crippen molar-refractivity contribution in [1.29, 1.82) is 0 Å². The van der Waals surface area contributed by atoms with Crippen molar-refractivity contribution in [2.24, 2.45) is 0 Å². The maximum atomic E-state index is 11.6. The number of nitrogens with one attached hydrogen (secondary N) is 1. The van der Waals surface area contributed by atoms with E-state index in [1.807, 2.05) is 17.6 Å². The van der Waals surface area contributed by atoms with Gasteiger partial charge in [0.1, 0.15) is 17.9 Å². The van der Waals surface area contributed by atoms with Crippen LogP contribution in [0.5, 0.6) is 0 Å². The lowest BCUT2D eigenvalue weighted by atomic mass is 10.4. The summed E-state index contributed by atoms with van der Waals surface area (Å²) in [6.07, 6.45) is 3.34. The van der Waals surface area contributed by atoms with Gasteiger partial charge >= 0.3 is 0 Å². The standard InChI is InChI=1S/C11H13ClN4O/c1-2-14-11(17)7-16-9-3-4-13-6-8(9)15-10(16)5-12/h3-4,6H,2,5,7H2,1H3,(H,14,17). The topological polar surface area (TPSA) is 59.8 Å². The minimum absolute atomic E-state index is 0.0463. The van der Waals surface area contributed by atoms with Crippen LogP contribution in [0.25, 0.3) is 11.0 Å². The fraction of sp³-hybridized carbons (Fsp3) is 0.364. The summed E-state index contributed by atoms with van der Waals surface area (Å²) in [6, 6.07) is 1.83. The molecule has 0 spiro atoms. The predicted octanol–water partition coefficient (Wildman–Crippen LogP) is 1.31. The summed E-state index contributed by atoms with van der Waals surface area (Å²) < 4.78 is 1.81. The van der Waals surface area contributed by atoms with Gasteiger partial charge in [-0.05, 0) is 13.0 Å². The predicted molar refractivity (Wildman–Crippen MR) is 65.8 cm³/mol. The molecule has 0 radical (unpaired) electrons. The molecule has 2 rings (SSSR count). The molecule has 2 heterocycles. The van der Waals surface area contributed by atoms with Crippen LogP contribution < -0.4 is 5.32 Å². The molecule has 0 aliphatic heterocycles. The molecule has 0 fully saturated rings. The summed E-state index contributed by atoms with van der Waals surface area (Å²) in [5.74, 6) is 0.907. The van der Waals surface area contributed by atoms with Gasteiger partial charge in [0.05, 0.1) is 17.6 Å². The highest BCUT2D eigenvalue weighted by atomic mass is 35.5. The summed E-state index contributed by atoms with van der Waals surface area (Å²) in [5, 5.41) is 2.75. The molecule has 0 unspecified atom stereocenters. The second-order valence-electron chi connectivity index (χ2n) is 3.57. The van der Waals surface area contributed by atoms with Gasteiger partial charge in [-0.25, -0.2) is 4.98 Å². The lowest BCUT2D eigenvalue weighted by Crippen LogP contribution is -2.27. The van der Waals surface area contributed by atoms with Crippen LogP contribution in [-0.4, -0.2) is 27.0 Å². The third-order valence-electron chi connectivity index (χ3n) is 2.42. The van der Waals surface area contributed by atoms with Gasteiger partial charge in [0.2, 0.25) is 5.91 Å². The third kappa shape index (κ3) is 2.39. The molecule has 90 valence electrons. The number of amides is 1. The Bertz CT molecular complexity index is 537. The molecule has 0 atom stereocenters. The summed E-state index contributed by atoms with van der Waals surface area (Å²) in [6.45, 7) is 2.73. The van der Waals surface area contributed by atoms with Crippen LogP contribution in [0.15, 0.2) is 18.5 Å². The lowest BCUT2D eigenvalue weighted by Gasteiger charge is -2.07. The Morgan fingerprint density at radius 1 is 1.59 bits per heavy atom. The second-order valence-corrected chi connectivity index (χ2v) is 3.83. The van der Waals surface area contributed by atoms with Crippen LogP contribution in [-0.2, 0) is 17.2 Å². The highest BCUT2D eigenvalue weighted by molar-refractivity contribution is 6.16. The molecule has 1 amide bonds. The van der Waals surface area contributed by atoms with E-state index in [-0.39, 0.29) is 18.3 Å². The van der Waals surface area contributed by atoms with Gasteiger partial charge in [-0.1, -0.05) is 0 Å². The number of likely N-dealkylation sites (N-methyl/N-ethyl adjacent to an activating group) is 1. The normalized spacial score (nSPS) is 10.7. The largest absolute Gasteiger partial charge is 0.355 e. The molecular formula is C11H13ClN4O. The Balaban J connectivity index is 2.39. The number of carbonyl (C=O) groups excluding carboxylic acids is 1. The molecule has 0 saturated heterocycles. The van der Waals surface area contributed by atoms with Crippen LogP contribution >= 0.6 is 11.6 Å². The summed E-state index contributed by atoms with van der Waals surface area (Å²) in [7, 11) is 0. The molecule has 2 aromatic heterocycles. The van der Waals surface area contributed by atoms with E-state index in [9.17, 15) is 4.79 Å². The number of carbonyl (C=O) groups is 1. The number of hydrogen-bond donors (Lipinski definition) is 1. The fourth-order valence-corrected chi connectivity index (χ4v) is 1.91. The number of halogens is 1. The maximum Gasteiger partial charge on any atom is 0.239 e. The Morgan fingerprint density at radius 2 is 2.41 bits per heavy atom. The van der Waals surface area contributed by atoms with Crippen molar-refractivity contribution in [3.05, 3.63) is 24.3 Å². The van der Waals surface area contributed by atoms with E-state index in [1.165, 1.54) is 0 Å². The van der Waals surface area contributed by atoms with E-state index >= 15 is 0 Å². The Labute approximate surface area is 104 Å². The molecule has 6 heteroatoms. The van der Waals surface area contributed by atoms with E-state index in [0.717, 1.165) is 11.0 Å². The van der Waals surface area contributed by atoms with Crippen LogP contribution in [0.1, 0.15) is 12.7 Å². The Hall–Kier alpha value is -1.62.